The summed E-state index contributed by atoms with van der Waals surface area (Å²) in [6.45, 7) is 1.33. The maximum atomic E-state index is 11.6. The predicted octanol–water partition coefficient (Wildman–Crippen LogP) is 1.82. The second kappa shape index (κ2) is 4.32. The van der Waals surface area contributed by atoms with Crippen molar-refractivity contribution in [3.05, 3.63) is 11.6 Å². The van der Waals surface area contributed by atoms with E-state index in [-0.39, 0.29) is 0 Å². The van der Waals surface area contributed by atoms with E-state index < -0.39 is 6.67 Å². The number of nitrogens with zero attached hydrogens (tertiary/aromatic N) is 1. The van der Waals surface area contributed by atoms with Crippen molar-refractivity contribution in [2.45, 2.75) is 13.3 Å². The third kappa shape index (κ3) is 2.35. The topological polar surface area (TPSA) is 23.8 Å². The fourth-order valence-electron chi connectivity index (χ4n) is 0.326. The van der Waals surface area contributed by atoms with Crippen molar-refractivity contribution in [2.75, 3.05) is 6.67 Å². The summed E-state index contributed by atoms with van der Waals surface area (Å²) >= 11 is 0. The fraction of sp³-hybridized carbons (Fsp3) is 0.500. The maximum Gasteiger partial charge on any atom is 0.111 e. The van der Waals surface area contributed by atoms with Gasteiger partial charge in [-0.1, -0.05) is 6.92 Å². The van der Waals surface area contributed by atoms with Crippen molar-refractivity contribution in [3.63, 3.8) is 0 Å². The molecule has 0 saturated heterocycles. The van der Waals surface area contributed by atoms with E-state index in [0.29, 0.717) is 12.0 Å². The first-order valence-electron chi connectivity index (χ1n) is 2.48. The quantitative estimate of drug-likeness (QED) is 0.501. The van der Waals surface area contributed by atoms with Gasteiger partial charge in [0.2, 0.25) is 0 Å². The van der Waals surface area contributed by atoms with Crippen LogP contribution < -0.4 is 0 Å². The van der Waals surface area contributed by atoms with E-state index in [4.69, 9.17) is 5.26 Å². The lowest BCUT2D eigenvalue weighted by Gasteiger charge is -1.89. The molecule has 0 unspecified atom stereocenters. The van der Waals surface area contributed by atoms with Crippen molar-refractivity contribution in [1.82, 2.24) is 0 Å². The van der Waals surface area contributed by atoms with Crippen LogP contribution in [0.2, 0.25) is 0 Å². The molecule has 0 amide bonds. The van der Waals surface area contributed by atoms with Crippen LogP contribution in [0, 0.1) is 11.3 Å². The Kier molecular flexibility index (Phi) is 3.87. The molecule has 0 aromatic carbocycles. The number of allylic oxidation sites excluding steroid dienone is 2. The molecule has 0 N–H and O–H groups in total. The summed E-state index contributed by atoms with van der Waals surface area (Å²) in [5, 5.41) is 8.01. The number of halogens is 1. The molecule has 2 heteroatoms. The van der Waals surface area contributed by atoms with Gasteiger partial charge in [0.05, 0.1) is 6.07 Å². The third-order valence-corrected chi connectivity index (χ3v) is 0.894. The molecule has 0 aliphatic heterocycles. The highest BCUT2D eigenvalue weighted by Crippen LogP contribution is 1.98. The lowest BCUT2D eigenvalue weighted by Crippen LogP contribution is -1.80. The molecule has 8 heavy (non-hydrogen) atoms. The van der Waals surface area contributed by atoms with Crippen LogP contribution in [0.1, 0.15) is 13.3 Å². The summed E-state index contributed by atoms with van der Waals surface area (Å²) < 4.78 is 11.6. The van der Waals surface area contributed by atoms with Crippen LogP contribution in [0.15, 0.2) is 11.6 Å². The predicted molar refractivity (Wildman–Crippen MR) is 30.0 cm³/mol. The van der Waals surface area contributed by atoms with Gasteiger partial charge in [-0.15, -0.1) is 0 Å². The molecular weight excluding hydrogens is 105 g/mol. The molecule has 0 spiro atoms. The van der Waals surface area contributed by atoms with Gasteiger partial charge in [0.25, 0.3) is 0 Å². The molecule has 0 rings (SSSR count). The van der Waals surface area contributed by atoms with Gasteiger partial charge < -0.3 is 0 Å². The molecule has 0 heterocycles. The van der Waals surface area contributed by atoms with Gasteiger partial charge >= 0.3 is 0 Å². The Bertz CT molecular complexity index is 115. The first kappa shape index (κ1) is 7.16. The third-order valence-electron chi connectivity index (χ3n) is 0.894. The fourth-order valence-corrected chi connectivity index (χ4v) is 0.326. The Morgan fingerprint density at radius 2 is 2.50 bits per heavy atom. The first-order valence-corrected chi connectivity index (χ1v) is 2.48. The van der Waals surface area contributed by atoms with Gasteiger partial charge in [0.15, 0.2) is 0 Å². The Balaban J connectivity index is 3.72. The summed E-state index contributed by atoms with van der Waals surface area (Å²) in [7, 11) is 0. The van der Waals surface area contributed by atoms with Crippen molar-refractivity contribution < 1.29 is 4.39 Å². The molecule has 0 radical (unpaired) electrons. The van der Waals surface area contributed by atoms with E-state index in [1.807, 2.05) is 6.92 Å². The van der Waals surface area contributed by atoms with Crippen LogP contribution in [0.3, 0.4) is 0 Å². The molecule has 0 saturated carbocycles. The smallest absolute Gasteiger partial charge is 0.111 e. The molecule has 0 aliphatic carbocycles. The zero-order chi connectivity index (χ0) is 6.41. The monoisotopic (exact) mass is 113 g/mol. The van der Waals surface area contributed by atoms with E-state index >= 15 is 0 Å². The summed E-state index contributed by atoms with van der Waals surface area (Å²) in [4.78, 5) is 0. The van der Waals surface area contributed by atoms with E-state index in [0.717, 1.165) is 0 Å². The first-order chi connectivity index (χ1) is 3.85. The van der Waals surface area contributed by atoms with Crippen LogP contribution in [0.4, 0.5) is 4.39 Å². The Hall–Kier alpha value is -0.840. The molecule has 0 fully saturated rings. The molecular formula is C6H8FN. The second-order valence-corrected chi connectivity index (χ2v) is 1.42. The molecule has 0 aromatic heterocycles. The van der Waals surface area contributed by atoms with Gasteiger partial charge in [0, 0.05) is 6.08 Å². The lowest BCUT2D eigenvalue weighted by atomic mass is 10.2. The molecule has 0 aromatic rings. The van der Waals surface area contributed by atoms with Crippen LogP contribution in [0.5, 0.6) is 0 Å². The van der Waals surface area contributed by atoms with Crippen molar-refractivity contribution in [3.8, 4) is 6.07 Å². The van der Waals surface area contributed by atoms with E-state index in [2.05, 4.69) is 0 Å². The molecule has 1 nitrogen and oxygen atoms in total. The van der Waals surface area contributed by atoms with Gasteiger partial charge in [-0.3, -0.25) is 0 Å². The summed E-state index contributed by atoms with van der Waals surface area (Å²) in [5.74, 6) is 0. The van der Waals surface area contributed by atoms with Crippen LogP contribution >= 0.6 is 0 Å². The minimum atomic E-state index is -0.496. The SMILES string of the molecule is CC/C(=C\C#N)CF. The Morgan fingerprint density at radius 3 is 2.62 bits per heavy atom. The van der Waals surface area contributed by atoms with Crippen molar-refractivity contribution in [1.29, 1.82) is 5.26 Å². The Morgan fingerprint density at radius 1 is 1.88 bits per heavy atom. The summed E-state index contributed by atoms with van der Waals surface area (Å²) in [5.41, 5.74) is 0.563. The summed E-state index contributed by atoms with van der Waals surface area (Å²) in [6.07, 6.45) is 1.88. The van der Waals surface area contributed by atoms with Crippen molar-refractivity contribution >= 4 is 0 Å². The highest BCUT2D eigenvalue weighted by molar-refractivity contribution is 5.12. The van der Waals surface area contributed by atoms with Crippen molar-refractivity contribution in [2.24, 2.45) is 0 Å². The number of hydrogen-bond acceptors (Lipinski definition) is 1. The molecule has 0 atom stereocenters. The zero-order valence-electron chi connectivity index (χ0n) is 4.82. The average Bonchev–Trinajstić information content (AvgIpc) is 1.83. The molecule has 44 valence electrons. The summed E-state index contributed by atoms with van der Waals surface area (Å²) in [6, 6.07) is 1.77. The van der Waals surface area contributed by atoms with Gasteiger partial charge in [0.1, 0.15) is 6.67 Å². The van der Waals surface area contributed by atoms with E-state index in [9.17, 15) is 4.39 Å². The highest BCUT2D eigenvalue weighted by Gasteiger charge is 1.88. The maximum absolute atomic E-state index is 11.6. The van der Waals surface area contributed by atoms with E-state index in [1.54, 1.807) is 6.07 Å². The normalized spacial score (nSPS) is 10.9. The number of alkyl halides is 1. The standard InChI is InChI=1S/C6H8FN/c1-2-6(5-7)3-4-8/h3H,2,5H2,1H3/b6-3+. The van der Waals surface area contributed by atoms with Crippen LogP contribution in [0.25, 0.3) is 0 Å². The number of rotatable bonds is 2. The molecule has 0 bridgehead atoms. The minimum absolute atomic E-state index is 0.496. The van der Waals surface area contributed by atoms with Gasteiger partial charge in [-0.2, -0.15) is 5.26 Å². The largest absolute Gasteiger partial charge is 0.246 e. The highest BCUT2D eigenvalue weighted by atomic mass is 19.1. The lowest BCUT2D eigenvalue weighted by molar-refractivity contribution is 0.535. The molecule has 0 aliphatic rings. The minimum Gasteiger partial charge on any atom is -0.246 e. The van der Waals surface area contributed by atoms with Gasteiger partial charge in [-0.05, 0) is 12.0 Å². The van der Waals surface area contributed by atoms with E-state index in [1.165, 1.54) is 6.08 Å². The second-order valence-electron chi connectivity index (χ2n) is 1.42. The number of nitriles is 1. The zero-order valence-corrected chi connectivity index (χ0v) is 4.82. The van der Waals surface area contributed by atoms with Gasteiger partial charge in [-0.25, -0.2) is 4.39 Å². The van der Waals surface area contributed by atoms with Crippen LogP contribution in [-0.2, 0) is 0 Å². The average molecular weight is 113 g/mol. The van der Waals surface area contributed by atoms with Crippen LogP contribution in [-0.4, -0.2) is 6.67 Å². The number of hydrogen-bond donors (Lipinski definition) is 0. The Labute approximate surface area is 48.4 Å².